The van der Waals surface area contributed by atoms with Crippen LogP contribution >= 0.6 is 23.2 Å². The molecule has 1 atom stereocenters. The van der Waals surface area contributed by atoms with Crippen LogP contribution in [0.5, 0.6) is 0 Å². The van der Waals surface area contributed by atoms with E-state index < -0.39 is 11.9 Å². The lowest BCUT2D eigenvalue weighted by molar-refractivity contribution is -0.141. The van der Waals surface area contributed by atoms with E-state index in [2.05, 4.69) is 0 Å². The summed E-state index contributed by atoms with van der Waals surface area (Å²) < 4.78 is 1.52. The van der Waals surface area contributed by atoms with Gasteiger partial charge in [-0.2, -0.15) is 0 Å². The zero-order valence-corrected chi connectivity index (χ0v) is 12.8. The normalized spacial score (nSPS) is 16.0. The second-order valence-corrected chi connectivity index (χ2v) is 5.92. The quantitative estimate of drug-likeness (QED) is 0.907. The van der Waals surface area contributed by atoms with E-state index in [9.17, 15) is 9.59 Å². The van der Waals surface area contributed by atoms with Crippen LogP contribution in [0.1, 0.15) is 30.3 Å². The van der Waals surface area contributed by atoms with Crippen LogP contribution in [0.2, 0.25) is 10.2 Å². The van der Waals surface area contributed by atoms with E-state index >= 15 is 0 Å². The van der Waals surface area contributed by atoms with Crippen LogP contribution in [0.15, 0.2) is 6.07 Å². The van der Waals surface area contributed by atoms with Gasteiger partial charge < -0.3 is 14.6 Å². The monoisotopic (exact) mass is 318 g/mol. The lowest BCUT2D eigenvalue weighted by Crippen LogP contribution is -2.39. The summed E-state index contributed by atoms with van der Waals surface area (Å²) in [6.45, 7) is 1.79. The molecule has 20 heavy (non-hydrogen) atoms. The zero-order valence-electron chi connectivity index (χ0n) is 11.3. The van der Waals surface area contributed by atoms with E-state index in [1.807, 2.05) is 0 Å². The highest BCUT2D eigenvalue weighted by molar-refractivity contribution is 6.41. The largest absolute Gasteiger partial charge is 0.481 e. The van der Waals surface area contributed by atoms with Gasteiger partial charge in [0.25, 0.3) is 5.91 Å². The molecule has 1 aromatic heterocycles. The average Bonchev–Trinajstić information content (AvgIpc) is 3.19. The summed E-state index contributed by atoms with van der Waals surface area (Å²) in [6.07, 6.45) is 1.81. The number of aromatic nitrogens is 1. The number of rotatable bonds is 5. The van der Waals surface area contributed by atoms with Crippen LogP contribution in [0.25, 0.3) is 0 Å². The molecule has 0 bridgehead atoms. The molecular formula is C13H16Cl2N2O3. The van der Waals surface area contributed by atoms with Crippen LogP contribution in [0.4, 0.5) is 0 Å². The molecule has 1 aliphatic rings. The van der Waals surface area contributed by atoms with E-state index in [1.165, 1.54) is 10.6 Å². The van der Waals surface area contributed by atoms with E-state index in [0.717, 1.165) is 12.8 Å². The molecule has 1 saturated carbocycles. The van der Waals surface area contributed by atoms with Crippen LogP contribution in [0, 0.1) is 5.92 Å². The van der Waals surface area contributed by atoms with Crippen LogP contribution < -0.4 is 0 Å². The molecule has 1 aromatic rings. The molecule has 1 heterocycles. The fourth-order valence-corrected chi connectivity index (χ4v) is 2.43. The van der Waals surface area contributed by atoms with Gasteiger partial charge in [0, 0.05) is 19.6 Å². The first-order valence-corrected chi connectivity index (χ1v) is 7.13. The minimum Gasteiger partial charge on any atom is -0.481 e. The molecule has 0 unspecified atom stereocenters. The van der Waals surface area contributed by atoms with E-state index in [4.69, 9.17) is 28.3 Å². The third-order valence-electron chi connectivity index (χ3n) is 3.48. The molecule has 1 fully saturated rings. The van der Waals surface area contributed by atoms with Crippen LogP contribution in [-0.2, 0) is 11.8 Å². The molecule has 0 saturated heterocycles. The summed E-state index contributed by atoms with van der Waals surface area (Å²) in [5.74, 6) is -1.74. The maximum absolute atomic E-state index is 12.6. The van der Waals surface area contributed by atoms with Crippen molar-refractivity contribution in [3.63, 3.8) is 0 Å². The van der Waals surface area contributed by atoms with Gasteiger partial charge >= 0.3 is 5.97 Å². The Labute approximate surface area is 127 Å². The lowest BCUT2D eigenvalue weighted by Gasteiger charge is -2.24. The zero-order chi connectivity index (χ0) is 15.0. The van der Waals surface area contributed by atoms with Crippen molar-refractivity contribution in [1.29, 1.82) is 0 Å². The highest BCUT2D eigenvalue weighted by atomic mass is 35.5. The Morgan fingerprint density at radius 1 is 1.50 bits per heavy atom. The smallest absolute Gasteiger partial charge is 0.308 e. The fourth-order valence-electron chi connectivity index (χ4n) is 2.05. The Kier molecular flexibility index (Phi) is 4.30. The number of hydrogen-bond acceptors (Lipinski definition) is 2. The predicted molar refractivity (Wildman–Crippen MR) is 76.3 cm³/mol. The van der Waals surface area contributed by atoms with Gasteiger partial charge in [0.1, 0.15) is 10.8 Å². The van der Waals surface area contributed by atoms with Crippen molar-refractivity contribution >= 4 is 35.1 Å². The highest BCUT2D eigenvalue weighted by Gasteiger charge is 2.36. The number of carboxylic acids is 1. The number of hydrogen-bond donors (Lipinski definition) is 1. The number of amides is 1. The molecule has 5 nitrogen and oxygen atoms in total. The van der Waals surface area contributed by atoms with Crippen LogP contribution in [-0.4, -0.2) is 39.0 Å². The molecule has 7 heteroatoms. The van der Waals surface area contributed by atoms with Gasteiger partial charge in [-0.3, -0.25) is 9.59 Å². The molecule has 0 spiro atoms. The Balaban J connectivity index is 2.23. The minimum absolute atomic E-state index is 0.122. The predicted octanol–water partition coefficient (Wildman–Crippen LogP) is 2.66. The number of carbonyl (C=O) groups is 2. The van der Waals surface area contributed by atoms with Gasteiger partial charge in [-0.25, -0.2) is 0 Å². The van der Waals surface area contributed by atoms with Gasteiger partial charge in [0.15, 0.2) is 0 Å². The molecule has 1 amide bonds. The van der Waals surface area contributed by atoms with Gasteiger partial charge in [-0.1, -0.05) is 30.1 Å². The number of nitrogens with zero attached hydrogens (tertiary/aromatic N) is 2. The maximum Gasteiger partial charge on any atom is 0.308 e. The van der Waals surface area contributed by atoms with E-state index in [1.54, 1.807) is 18.9 Å². The van der Waals surface area contributed by atoms with Crippen molar-refractivity contribution in [3.05, 3.63) is 21.9 Å². The summed E-state index contributed by atoms with van der Waals surface area (Å²) in [6, 6.07) is 1.64. The number of carbonyl (C=O) groups excluding carboxylic acids is 1. The Morgan fingerprint density at radius 3 is 2.50 bits per heavy atom. The molecule has 0 aliphatic heterocycles. The third-order valence-corrected chi connectivity index (χ3v) is 4.32. The number of halogens is 2. The Morgan fingerprint density at radius 2 is 2.10 bits per heavy atom. The van der Waals surface area contributed by atoms with Gasteiger partial charge in [0.2, 0.25) is 0 Å². The van der Waals surface area contributed by atoms with Crippen LogP contribution in [0.3, 0.4) is 0 Å². The Bertz CT molecular complexity index is 552. The van der Waals surface area contributed by atoms with E-state index in [-0.39, 0.29) is 18.5 Å². The topological polar surface area (TPSA) is 62.5 Å². The molecule has 0 aromatic carbocycles. The van der Waals surface area contributed by atoms with Crippen molar-refractivity contribution < 1.29 is 14.7 Å². The average molecular weight is 319 g/mol. The third kappa shape index (κ3) is 2.94. The molecule has 1 aliphatic carbocycles. The SMILES string of the molecule is C[C@@H](CN(C(=O)c1cc(Cl)c(Cl)n1C)C1CC1)C(=O)O. The van der Waals surface area contributed by atoms with Gasteiger partial charge in [0.05, 0.1) is 10.9 Å². The van der Waals surface area contributed by atoms with Gasteiger partial charge in [-0.15, -0.1) is 0 Å². The van der Waals surface area contributed by atoms with Gasteiger partial charge in [-0.05, 0) is 18.9 Å². The molecule has 110 valence electrons. The molecular weight excluding hydrogens is 303 g/mol. The summed E-state index contributed by atoms with van der Waals surface area (Å²) >= 11 is 11.9. The molecule has 1 N–H and O–H groups in total. The number of carboxylic acid groups (broad SMARTS) is 1. The molecule has 2 rings (SSSR count). The van der Waals surface area contributed by atoms with Crippen molar-refractivity contribution in [3.8, 4) is 0 Å². The first kappa shape index (κ1) is 15.2. The number of aliphatic carboxylic acids is 1. The standard InChI is InChI=1S/C13H16Cl2N2O3/c1-7(13(19)20)6-17(8-3-4-8)12(18)10-5-9(14)11(15)16(10)2/h5,7-8H,3-4,6H2,1-2H3,(H,19,20)/t7-/m0/s1. The fraction of sp³-hybridized carbons (Fsp3) is 0.538. The summed E-state index contributed by atoms with van der Waals surface area (Å²) in [5, 5.41) is 9.62. The summed E-state index contributed by atoms with van der Waals surface area (Å²) in [4.78, 5) is 25.2. The summed E-state index contributed by atoms with van der Waals surface area (Å²) in [7, 11) is 1.66. The van der Waals surface area contributed by atoms with Crippen molar-refractivity contribution in [2.45, 2.75) is 25.8 Å². The minimum atomic E-state index is -0.911. The summed E-state index contributed by atoms with van der Waals surface area (Å²) in [5.41, 5.74) is 0.379. The second kappa shape index (κ2) is 5.66. The van der Waals surface area contributed by atoms with Crippen molar-refractivity contribution in [1.82, 2.24) is 9.47 Å². The van der Waals surface area contributed by atoms with Crippen molar-refractivity contribution in [2.24, 2.45) is 13.0 Å². The second-order valence-electron chi connectivity index (χ2n) is 5.16. The van der Waals surface area contributed by atoms with E-state index in [0.29, 0.717) is 15.9 Å². The van der Waals surface area contributed by atoms with Crippen molar-refractivity contribution in [2.75, 3.05) is 6.54 Å². The highest BCUT2D eigenvalue weighted by Crippen LogP contribution is 2.31. The molecule has 0 radical (unpaired) electrons. The lowest BCUT2D eigenvalue weighted by atomic mass is 10.1. The maximum atomic E-state index is 12.6. The Hall–Kier alpha value is -1.20. The first-order chi connectivity index (χ1) is 9.32. The first-order valence-electron chi connectivity index (χ1n) is 6.37.